The highest BCUT2D eigenvalue weighted by molar-refractivity contribution is 4.91. The summed E-state index contributed by atoms with van der Waals surface area (Å²) in [6.45, 7) is 3.20. The standard InChI is InChI=1S/C13H25NO/c1-2-11-4-3-7-13(8-5-11)10-12(14)6-9-15-13/h11-12H,2-10,14H2,1H3. The summed E-state index contributed by atoms with van der Waals surface area (Å²) in [4.78, 5) is 0. The van der Waals surface area contributed by atoms with Gasteiger partial charge in [0, 0.05) is 12.6 Å². The number of hydrogen-bond acceptors (Lipinski definition) is 2. The van der Waals surface area contributed by atoms with Gasteiger partial charge in [-0.3, -0.25) is 0 Å². The molecule has 2 fully saturated rings. The van der Waals surface area contributed by atoms with E-state index in [0.717, 1.165) is 25.4 Å². The second-order valence-electron chi connectivity index (χ2n) is 5.49. The van der Waals surface area contributed by atoms with Crippen molar-refractivity contribution in [1.29, 1.82) is 0 Å². The largest absolute Gasteiger partial charge is 0.375 e. The van der Waals surface area contributed by atoms with Crippen molar-refractivity contribution in [2.24, 2.45) is 11.7 Å². The third kappa shape index (κ3) is 2.73. The van der Waals surface area contributed by atoms with Crippen LogP contribution < -0.4 is 5.73 Å². The quantitative estimate of drug-likeness (QED) is 0.724. The molecule has 2 nitrogen and oxygen atoms in total. The molecule has 0 radical (unpaired) electrons. The molecule has 0 amide bonds. The normalized spacial score (nSPS) is 42.8. The lowest BCUT2D eigenvalue weighted by molar-refractivity contribution is -0.0936. The van der Waals surface area contributed by atoms with Gasteiger partial charge in [-0.2, -0.15) is 0 Å². The van der Waals surface area contributed by atoms with E-state index in [0.29, 0.717) is 6.04 Å². The van der Waals surface area contributed by atoms with Crippen molar-refractivity contribution in [3.63, 3.8) is 0 Å². The second-order valence-corrected chi connectivity index (χ2v) is 5.49. The Balaban J connectivity index is 1.96. The van der Waals surface area contributed by atoms with Gasteiger partial charge in [0.25, 0.3) is 0 Å². The molecule has 1 heterocycles. The predicted molar refractivity (Wildman–Crippen MR) is 62.8 cm³/mol. The smallest absolute Gasteiger partial charge is 0.0697 e. The molecule has 1 spiro atoms. The van der Waals surface area contributed by atoms with Crippen molar-refractivity contribution in [2.75, 3.05) is 6.61 Å². The Morgan fingerprint density at radius 1 is 1.27 bits per heavy atom. The van der Waals surface area contributed by atoms with Gasteiger partial charge in [0.15, 0.2) is 0 Å². The van der Waals surface area contributed by atoms with E-state index in [1.54, 1.807) is 0 Å². The molecule has 3 unspecified atom stereocenters. The lowest BCUT2D eigenvalue weighted by atomic mass is 9.84. The molecule has 0 aromatic rings. The average Bonchev–Trinajstić information content (AvgIpc) is 2.41. The number of nitrogens with two attached hydrogens (primary N) is 1. The number of rotatable bonds is 1. The molecule has 0 aromatic carbocycles. The Labute approximate surface area is 93.6 Å². The Morgan fingerprint density at radius 3 is 2.87 bits per heavy atom. The SMILES string of the molecule is CCC1CCCC2(CC1)CC(N)CCO2. The van der Waals surface area contributed by atoms with Gasteiger partial charge >= 0.3 is 0 Å². The van der Waals surface area contributed by atoms with E-state index in [4.69, 9.17) is 10.5 Å². The van der Waals surface area contributed by atoms with Gasteiger partial charge in [-0.15, -0.1) is 0 Å². The Bertz CT molecular complexity index is 207. The molecule has 0 aromatic heterocycles. The highest BCUT2D eigenvalue weighted by Gasteiger charge is 2.37. The van der Waals surface area contributed by atoms with Crippen molar-refractivity contribution in [3.05, 3.63) is 0 Å². The first kappa shape index (κ1) is 11.4. The third-order valence-electron chi connectivity index (χ3n) is 4.36. The van der Waals surface area contributed by atoms with Crippen LogP contribution in [0.4, 0.5) is 0 Å². The Kier molecular flexibility index (Phi) is 3.68. The van der Waals surface area contributed by atoms with E-state index in [-0.39, 0.29) is 5.60 Å². The van der Waals surface area contributed by atoms with Crippen molar-refractivity contribution in [3.8, 4) is 0 Å². The fourth-order valence-corrected chi connectivity index (χ4v) is 3.27. The van der Waals surface area contributed by atoms with Crippen molar-refractivity contribution in [2.45, 2.75) is 69.9 Å². The molecule has 1 saturated carbocycles. The Hall–Kier alpha value is -0.0800. The molecule has 3 atom stereocenters. The van der Waals surface area contributed by atoms with E-state index in [9.17, 15) is 0 Å². The van der Waals surface area contributed by atoms with Crippen LogP contribution in [0, 0.1) is 5.92 Å². The predicted octanol–water partition coefficient (Wildman–Crippen LogP) is 2.85. The van der Waals surface area contributed by atoms with Crippen LogP contribution in [0.15, 0.2) is 0 Å². The minimum Gasteiger partial charge on any atom is -0.375 e. The monoisotopic (exact) mass is 211 g/mol. The lowest BCUT2D eigenvalue weighted by Crippen LogP contribution is -2.44. The fraction of sp³-hybridized carbons (Fsp3) is 1.00. The van der Waals surface area contributed by atoms with Crippen LogP contribution >= 0.6 is 0 Å². The van der Waals surface area contributed by atoms with Crippen LogP contribution in [0.25, 0.3) is 0 Å². The molecule has 1 aliphatic carbocycles. The topological polar surface area (TPSA) is 35.2 Å². The fourth-order valence-electron chi connectivity index (χ4n) is 3.27. The molecule has 88 valence electrons. The van der Waals surface area contributed by atoms with Crippen LogP contribution in [0.2, 0.25) is 0 Å². The van der Waals surface area contributed by atoms with Gasteiger partial charge in [-0.25, -0.2) is 0 Å². The maximum atomic E-state index is 6.08. The summed E-state index contributed by atoms with van der Waals surface area (Å²) < 4.78 is 6.07. The van der Waals surface area contributed by atoms with Gasteiger partial charge in [0.2, 0.25) is 0 Å². The molecular formula is C13H25NO. The van der Waals surface area contributed by atoms with E-state index in [1.807, 2.05) is 0 Å². The van der Waals surface area contributed by atoms with Gasteiger partial charge in [-0.05, 0) is 38.0 Å². The first-order valence-electron chi connectivity index (χ1n) is 6.64. The average molecular weight is 211 g/mol. The number of hydrogen-bond donors (Lipinski definition) is 1. The van der Waals surface area contributed by atoms with E-state index in [1.165, 1.54) is 38.5 Å². The lowest BCUT2D eigenvalue weighted by Gasteiger charge is -2.39. The van der Waals surface area contributed by atoms with E-state index >= 15 is 0 Å². The summed E-state index contributed by atoms with van der Waals surface area (Å²) in [7, 11) is 0. The summed E-state index contributed by atoms with van der Waals surface area (Å²) in [5.74, 6) is 0.936. The zero-order valence-electron chi connectivity index (χ0n) is 10.0. The molecule has 1 saturated heterocycles. The summed E-state index contributed by atoms with van der Waals surface area (Å²) in [6.07, 6.45) is 10.1. The summed E-state index contributed by atoms with van der Waals surface area (Å²) in [6, 6.07) is 0.386. The second kappa shape index (κ2) is 4.84. The van der Waals surface area contributed by atoms with E-state index in [2.05, 4.69) is 6.92 Å². The van der Waals surface area contributed by atoms with Crippen LogP contribution in [0.1, 0.15) is 58.3 Å². The van der Waals surface area contributed by atoms with Gasteiger partial charge in [0.05, 0.1) is 5.60 Å². The maximum Gasteiger partial charge on any atom is 0.0697 e. The summed E-state index contributed by atoms with van der Waals surface area (Å²) >= 11 is 0. The molecule has 2 N–H and O–H groups in total. The zero-order valence-corrected chi connectivity index (χ0v) is 10.0. The van der Waals surface area contributed by atoms with Crippen LogP contribution in [-0.4, -0.2) is 18.2 Å². The van der Waals surface area contributed by atoms with Crippen molar-refractivity contribution in [1.82, 2.24) is 0 Å². The van der Waals surface area contributed by atoms with Crippen LogP contribution in [-0.2, 0) is 4.74 Å². The molecule has 2 aliphatic rings. The minimum absolute atomic E-state index is 0.168. The number of ether oxygens (including phenoxy) is 1. The molecule has 0 bridgehead atoms. The first-order valence-corrected chi connectivity index (χ1v) is 6.64. The highest BCUT2D eigenvalue weighted by Crippen LogP contribution is 2.39. The van der Waals surface area contributed by atoms with Crippen LogP contribution in [0.5, 0.6) is 0 Å². The van der Waals surface area contributed by atoms with Gasteiger partial charge in [-0.1, -0.05) is 26.2 Å². The van der Waals surface area contributed by atoms with Crippen molar-refractivity contribution < 1.29 is 4.74 Å². The molecule has 1 aliphatic heterocycles. The summed E-state index contributed by atoms with van der Waals surface area (Å²) in [5, 5.41) is 0. The van der Waals surface area contributed by atoms with E-state index < -0.39 is 0 Å². The zero-order chi connectivity index (χ0) is 10.7. The molecular weight excluding hydrogens is 186 g/mol. The van der Waals surface area contributed by atoms with Crippen molar-refractivity contribution >= 4 is 0 Å². The molecule has 2 rings (SSSR count). The third-order valence-corrected chi connectivity index (χ3v) is 4.36. The van der Waals surface area contributed by atoms with Crippen LogP contribution in [0.3, 0.4) is 0 Å². The van der Waals surface area contributed by atoms with Gasteiger partial charge in [0.1, 0.15) is 0 Å². The minimum atomic E-state index is 0.168. The Morgan fingerprint density at radius 2 is 2.13 bits per heavy atom. The highest BCUT2D eigenvalue weighted by atomic mass is 16.5. The summed E-state index contributed by atoms with van der Waals surface area (Å²) in [5.41, 5.74) is 6.25. The maximum absolute atomic E-state index is 6.08. The molecule has 2 heteroatoms. The van der Waals surface area contributed by atoms with Gasteiger partial charge < -0.3 is 10.5 Å². The first-order chi connectivity index (χ1) is 7.24. The molecule has 15 heavy (non-hydrogen) atoms.